The molecule has 0 radical (unpaired) electrons. The zero-order valence-corrected chi connectivity index (χ0v) is 14.3. The SMILES string of the molecule is CC(C)c1ccc(C(N)CNC(=O)[C@@H]2CSC(=O)N2)cc1.Cl. The van der Waals surface area contributed by atoms with Crippen molar-refractivity contribution in [1.82, 2.24) is 10.6 Å². The van der Waals surface area contributed by atoms with Crippen molar-refractivity contribution in [3.8, 4) is 0 Å². The summed E-state index contributed by atoms with van der Waals surface area (Å²) in [5.74, 6) is 0.782. The summed E-state index contributed by atoms with van der Waals surface area (Å²) in [6, 6.07) is 7.43. The maximum absolute atomic E-state index is 11.9. The molecule has 1 aromatic carbocycles. The van der Waals surface area contributed by atoms with Crippen LogP contribution >= 0.6 is 24.2 Å². The third kappa shape index (κ3) is 4.90. The van der Waals surface area contributed by atoms with Crippen LogP contribution in [0.1, 0.15) is 36.9 Å². The monoisotopic (exact) mass is 343 g/mol. The maximum atomic E-state index is 11.9. The summed E-state index contributed by atoms with van der Waals surface area (Å²) in [4.78, 5) is 22.9. The Hall–Kier alpha value is -1.24. The van der Waals surface area contributed by atoms with E-state index in [0.717, 1.165) is 17.3 Å². The van der Waals surface area contributed by atoms with E-state index < -0.39 is 6.04 Å². The van der Waals surface area contributed by atoms with Gasteiger partial charge in [0.1, 0.15) is 6.04 Å². The molecule has 1 aliphatic heterocycles. The van der Waals surface area contributed by atoms with Gasteiger partial charge in [-0.25, -0.2) is 0 Å². The summed E-state index contributed by atoms with van der Waals surface area (Å²) >= 11 is 1.13. The first-order valence-electron chi connectivity index (χ1n) is 7.04. The highest BCUT2D eigenvalue weighted by atomic mass is 35.5. The lowest BCUT2D eigenvalue weighted by Gasteiger charge is -2.16. The largest absolute Gasteiger partial charge is 0.352 e. The number of benzene rings is 1. The van der Waals surface area contributed by atoms with E-state index in [0.29, 0.717) is 18.2 Å². The fourth-order valence-electron chi connectivity index (χ4n) is 2.11. The van der Waals surface area contributed by atoms with Crippen molar-refractivity contribution in [3.63, 3.8) is 0 Å². The van der Waals surface area contributed by atoms with Gasteiger partial charge in [-0.1, -0.05) is 49.9 Å². The van der Waals surface area contributed by atoms with E-state index in [1.54, 1.807) is 0 Å². The Morgan fingerprint density at radius 2 is 1.95 bits per heavy atom. The number of carbonyl (C=O) groups is 2. The first-order chi connectivity index (χ1) is 9.97. The summed E-state index contributed by atoms with van der Waals surface area (Å²) < 4.78 is 0. The second-order valence-electron chi connectivity index (χ2n) is 5.47. The van der Waals surface area contributed by atoms with Crippen molar-refractivity contribution in [2.75, 3.05) is 12.3 Å². The molecule has 0 aliphatic carbocycles. The molecule has 5 nitrogen and oxygen atoms in total. The van der Waals surface area contributed by atoms with Crippen molar-refractivity contribution in [1.29, 1.82) is 0 Å². The van der Waals surface area contributed by atoms with E-state index in [-0.39, 0.29) is 29.6 Å². The average Bonchev–Trinajstić information content (AvgIpc) is 2.91. The topological polar surface area (TPSA) is 84.2 Å². The lowest BCUT2D eigenvalue weighted by atomic mass is 9.99. The van der Waals surface area contributed by atoms with Gasteiger partial charge in [-0.15, -0.1) is 12.4 Å². The van der Waals surface area contributed by atoms with Crippen LogP contribution in [-0.4, -0.2) is 29.5 Å². The van der Waals surface area contributed by atoms with Gasteiger partial charge in [0.15, 0.2) is 0 Å². The predicted molar refractivity (Wildman–Crippen MR) is 92.5 cm³/mol. The van der Waals surface area contributed by atoms with E-state index >= 15 is 0 Å². The molecule has 2 rings (SSSR count). The summed E-state index contributed by atoms with van der Waals surface area (Å²) in [5, 5.41) is 5.25. The maximum Gasteiger partial charge on any atom is 0.279 e. The third-order valence-electron chi connectivity index (χ3n) is 3.52. The molecule has 1 heterocycles. The van der Waals surface area contributed by atoms with Gasteiger partial charge in [0.2, 0.25) is 5.91 Å². The first-order valence-corrected chi connectivity index (χ1v) is 8.02. The summed E-state index contributed by atoms with van der Waals surface area (Å²) in [5.41, 5.74) is 8.34. The van der Waals surface area contributed by atoms with Gasteiger partial charge in [0.25, 0.3) is 5.24 Å². The van der Waals surface area contributed by atoms with Crippen LogP contribution in [0.4, 0.5) is 4.79 Å². The molecule has 122 valence electrons. The Balaban J connectivity index is 0.00000242. The van der Waals surface area contributed by atoms with Crippen molar-refractivity contribution in [2.45, 2.75) is 31.8 Å². The van der Waals surface area contributed by atoms with E-state index in [2.05, 4.69) is 36.6 Å². The Morgan fingerprint density at radius 1 is 1.36 bits per heavy atom. The smallest absolute Gasteiger partial charge is 0.279 e. The summed E-state index contributed by atoms with van der Waals surface area (Å²) in [6.45, 7) is 4.64. The Kier molecular flexibility index (Phi) is 7.19. The Bertz CT molecular complexity index is 522. The minimum absolute atomic E-state index is 0. The molecule has 1 unspecified atom stereocenters. The van der Waals surface area contributed by atoms with Gasteiger partial charge >= 0.3 is 0 Å². The number of halogens is 1. The molecular weight excluding hydrogens is 322 g/mol. The van der Waals surface area contributed by atoms with Crippen LogP contribution in [0.25, 0.3) is 0 Å². The van der Waals surface area contributed by atoms with Crippen molar-refractivity contribution >= 4 is 35.3 Å². The Labute approximate surface area is 141 Å². The first kappa shape index (κ1) is 18.8. The van der Waals surface area contributed by atoms with Crippen LogP contribution in [0.3, 0.4) is 0 Å². The molecule has 1 saturated heterocycles. The number of hydrogen-bond donors (Lipinski definition) is 3. The third-order valence-corrected chi connectivity index (χ3v) is 4.40. The van der Waals surface area contributed by atoms with Crippen molar-refractivity contribution in [3.05, 3.63) is 35.4 Å². The van der Waals surface area contributed by atoms with E-state index in [4.69, 9.17) is 5.73 Å². The molecule has 0 aromatic heterocycles. The molecule has 7 heteroatoms. The van der Waals surface area contributed by atoms with Gasteiger partial charge in [-0.3, -0.25) is 9.59 Å². The molecule has 2 atom stereocenters. The van der Waals surface area contributed by atoms with Crippen LogP contribution in [0, 0.1) is 0 Å². The molecule has 0 bridgehead atoms. The van der Waals surface area contributed by atoms with E-state index in [1.807, 2.05) is 12.1 Å². The van der Waals surface area contributed by atoms with Gasteiger partial charge in [-0.2, -0.15) is 0 Å². The van der Waals surface area contributed by atoms with Gasteiger partial charge in [0, 0.05) is 18.3 Å². The molecular formula is C15H22ClN3O2S. The van der Waals surface area contributed by atoms with Gasteiger partial charge in [-0.05, 0) is 17.0 Å². The van der Waals surface area contributed by atoms with Crippen LogP contribution in [-0.2, 0) is 4.79 Å². The highest BCUT2D eigenvalue weighted by Crippen LogP contribution is 2.17. The fourth-order valence-corrected chi connectivity index (χ4v) is 2.88. The molecule has 0 spiro atoms. The molecule has 0 saturated carbocycles. The van der Waals surface area contributed by atoms with Crippen molar-refractivity contribution in [2.24, 2.45) is 5.73 Å². The van der Waals surface area contributed by atoms with Crippen LogP contribution < -0.4 is 16.4 Å². The van der Waals surface area contributed by atoms with E-state index in [9.17, 15) is 9.59 Å². The second-order valence-corrected chi connectivity index (χ2v) is 6.46. The lowest BCUT2D eigenvalue weighted by molar-refractivity contribution is -0.122. The average molecular weight is 344 g/mol. The zero-order chi connectivity index (χ0) is 15.4. The second kappa shape index (κ2) is 8.41. The standard InChI is InChI=1S/C15H21N3O2S.ClH/c1-9(2)10-3-5-11(6-4-10)12(16)7-17-14(19)13-8-21-15(20)18-13;/h3-6,9,12-13H,7-8,16H2,1-2H3,(H,17,19)(H,18,20);1H/t12?,13-;/m0./s1. The zero-order valence-electron chi connectivity index (χ0n) is 12.7. The normalized spacial score (nSPS) is 18.5. The van der Waals surface area contributed by atoms with Crippen molar-refractivity contribution < 1.29 is 9.59 Å². The number of amides is 2. The van der Waals surface area contributed by atoms with Gasteiger partial charge < -0.3 is 16.4 Å². The van der Waals surface area contributed by atoms with Crippen LogP contribution in [0.2, 0.25) is 0 Å². The highest BCUT2D eigenvalue weighted by molar-refractivity contribution is 8.14. The van der Waals surface area contributed by atoms with Crippen LogP contribution in [0.5, 0.6) is 0 Å². The number of nitrogens with one attached hydrogen (secondary N) is 2. The molecule has 1 fully saturated rings. The fraction of sp³-hybridized carbons (Fsp3) is 0.467. The molecule has 1 aromatic rings. The highest BCUT2D eigenvalue weighted by Gasteiger charge is 2.27. The molecule has 1 aliphatic rings. The molecule has 4 N–H and O–H groups in total. The minimum Gasteiger partial charge on any atom is -0.352 e. The predicted octanol–water partition coefficient (Wildman–Crippen LogP) is 2.17. The van der Waals surface area contributed by atoms with Gasteiger partial charge in [0.05, 0.1) is 0 Å². The number of rotatable bonds is 5. The lowest BCUT2D eigenvalue weighted by Crippen LogP contribution is -2.44. The number of carbonyl (C=O) groups excluding carboxylic acids is 2. The number of hydrogen-bond acceptors (Lipinski definition) is 4. The minimum atomic E-state index is -0.446. The molecule has 2 amide bonds. The van der Waals surface area contributed by atoms with Crippen LogP contribution in [0.15, 0.2) is 24.3 Å². The van der Waals surface area contributed by atoms with E-state index in [1.165, 1.54) is 5.56 Å². The quantitative estimate of drug-likeness (QED) is 0.765. The number of nitrogens with two attached hydrogens (primary N) is 1. The summed E-state index contributed by atoms with van der Waals surface area (Å²) in [6.07, 6.45) is 0. The molecule has 22 heavy (non-hydrogen) atoms. The Morgan fingerprint density at radius 3 is 2.45 bits per heavy atom. The summed E-state index contributed by atoms with van der Waals surface area (Å²) in [7, 11) is 0. The number of thioether (sulfide) groups is 1.